The molecule has 2 aliphatic heterocycles. The zero-order valence-corrected chi connectivity index (χ0v) is 21.5. The van der Waals surface area contributed by atoms with Crippen LogP contribution in [0.3, 0.4) is 0 Å². The van der Waals surface area contributed by atoms with Gasteiger partial charge in [0.1, 0.15) is 16.9 Å². The Morgan fingerprint density at radius 1 is 1.34 bits per heavy atom. The maximum absolute atomic E-state index is 14.3. The van der Waals surface area contributed by atoms with E-state index in [4.69, 9.17) is 14.0 Å². The van der Waals surface area contributed by atoms with Crippen LogP contribution in [0.5, 0.6) is 5.75 Å². The molecule has 4 heterocycles. The van der Waals surface area contributed by atoms with E-state index in [9.17, 15) is 9.90 Å². The predicted molar refractivity (Wildman–Crippen MR) is 128 cm³/mol. The van der Waals surface area contributed by atoms with Gasteiger partial charge in [-0.15, -0.1) is 11.3 Å². The molecule has 186 valence electrons. The third-order valence-electron chi connectivity index (χ3n) is 6.96. The average molecular weight is 499 g/mol. The van der Waals surface area contributed by atoms with Gasteiger partial charge in [-0.3, -0.25) is 4.79 Å². The molecule has 35 heavy (non-hydrogen) atoms. The van der Waals surface area contributed by atoms with Gasteiger partial charge in [-0.05, 0) is 43.4 Å². The number of nitrogens with zero attached hydrogens (tertiary/aromatic N) is 4. The topological polar surface area (TPSA) is 114 Å². The number of epoxide rings is 1. The van der Waals surface area contributed by atoms with E-state index >= 15 is 0 Å². The molecule has 2 fully saturated rings. The highest BCUT2D eigenvalue weighted by Gasteiger charge is 2.64. The maximum Gasteiger partial charge on any atom is 0.255 e. The summed E-state index contributed by atoms with van der Waals surface area (Å²) in [6.45, 7) is 10.0. The Morgan fingerprint density at radius 2 is 2.09 bits per heavy atom. The number of benzene rings is 1. The molecule has 9 nitrogen and oxygen atoms in total. The van der Waals surface area contributed by atoms with E-state index in [2.05, 4.69) is 35.9 Å². The summed E-state index contributed by atoms with van der Waals surface area (Å²) in [6, 6.07) is 5.10. The molecule has 1 N–H and O–H groups in total. The highest BCUT2D eigenvalue weighted by atomic mass is 32.1. The molecule has 5 rings (SSSR count). The molecule has 5 atom stereocenters. The van der Waals surface area contributed by atoms with E-state index in [1.165, 1.54) is 11.3 Å². The van der Waals surface area contributed by atoms with Crippen LogP contribution in [0.15, 0.2) is 34.3 Å². The van der Waals surface area contributed by atoms with Gasteiger partial charge in [0.2, 0.25) is 5.89 Å². The number of aryl methyl sites for hydroxylation is 1. The Balaban J connectivity index is 1.63. The van der Waals surface area contributed by atoms with Crippen molar-refractivity contribution in [2.24, 2.45) is 0 Å². The summed E-state index contributed by atoms with van der Waals surface area (Å²) in [4.78, 5) is 25.1. The molecule has 0 saturated carbocycles. The Hall–Kier alpha value is -2.82. The van der Waals surface area contributed by atoms with Gasteiger partial charge in [-0.25, -0.2) is 4.98 Å². The maximum atomic E-state index is 14.3. The molecule has 1 amide bonds. The van der Waals surface area contributed by atoms with Crippen LogP contribution in [0, 0.1) is 6.92 Å². The zero-order chi connectivity index (χ0) is 25.1. The van der Waals surface area contributed by atoms with Crippen molar-refractivity contribution in [3.05, 3.63) is 57.6 Å². The van der Waals surface area contributed by atoms with Gasteiger partial charge in [0.25, 0.3) is 5.91 Å². The van der Waals surface area contributed by atoms with Crippen molar-refractivity contribution >= 4 is 17.2 Å². The lowest BCUT2D eigenvalue weighted by Crippen LogP contribution is -2.50. The summed E-state index contributed by atoms with van der Waals surface area (Å²) in [5.41, 5.74) is 0.527. The number of methoxy groups -OCH3 is 1. The molecule has 2 saturated heterocycles. The summed E-state index contributed by atoms with van der Waals surface area (Å²) in [5, 5.41) is 16.9. The fourth-order valence-corrected chi connectivity index (χ4v) is 6.05. The van der Waals surface area contributed by atoms with Gasteiger partial charge in [-0.1, -0.05) is 32.0 Å². The van der Waals surface area contributed by atoms with Gasteiger partial charge < -0.3 is 24.0 Å². The number of amides is 1. The quantitative estimate of drug-likeness (QED) is 0.525. The Morgan fingerprint density at radius 3 is 2.63 bits per heavy atom. The second-order valence-corrected chi connectivity index (χ2v) is 11.4. The lowest BCUT2D eigenvalue weighted by atomic mass is 9.85. The van der Waals surface area contributed by atoms with E-state index in [1.807, 2.05) is 24.4 Å². The summed E-state index contributed by atoms with van der Waals surface area (Å²) in [5.74, 6) is 1.12. The number of carbonyl (C=O) groups excluding carboxylic acids is 1. The molecular weight excluding hydrogens is 468 g/mol. The highest BCUT2D eigenvalue weighted by Crippen LogP contribution is 2.56. The lowest BCUT2D eigenvalue weighted by molar-refractivity contribution is 0.0449. The van der Waals surface area contributed by atoms with Crippen molar-refractivity contribution in [1.82, 2.24) is 20.0 Å². The van der Waals surface area contributed by atoms with E-state index in [1.54, 1.807) is 31.2 Å². The van der Waals surface area contributed by atoms with E-state index in [-0.39, 0.29) is 17.2 Å². The van der Waals surface area contributed by atoms with Crippen LogP contribution in [-0.2, 0) is 10.2 Å². The van der Waals surface area contributed by atoms with E-state index < -0.39 is 24.0 Å². The normalized spacial score (nSPS) is 28.4. The van der Waals surface area contributed by atoms with Crippen molar-refractivity contribution in [2.75, 3.05) is 7.11 Å². The number of thiazole rings is 1. The molecule has 0 spiro atoms. The number of carbonyl (C=O) groups is 1. The third kappa shape index (κ3) is 4.03. The first-order valence-corrected chi connectivity index (χ1v) is 12.5. The van der Waals surface area contributed by atoms with Gasteiger partial charge in [0.15, 0.2) is 12.1 Å². The monoisotopic (exact) mass is 498 g/mol. The van der Waals surface area contributed by atoms with Crippen LogP contribution < -0.4 is 4.74 Å². The largest absolute Gasteiger partial charge is 0.496 e. The number of aromatic nitrogens is 3. The SMILES string of the molecule is COc1cc(C(=O)N2[C@@H](c3nccs3)[C@@H](c3nc(C)no3)C[C@@]2(C)C2OC2O)ccc1C(C)(C)C. The van der Waals surface area contributed by atoms with Gasteiger partial charge in [0, 0.05) is 17.1 Å². The number of likely N-dealkylation sites (tertiary alicyclic amines) is 1. The minimum atomic E-state index is -0.937. The van der Waals surface area contributed by atoms with Crippen molar-refractivity contribution in [3.63, 3.8) is 0 Å². The Labute approximate surface area is 208 Å². The molecule has 2 aromatic heterocycles. The van der Waals surface area contributed by atoms with Crippen molar-refractivity contribution in [2.45, 2.75) is 76.3 Å². The van der Waals surface area contributed by atoms with E-state index in [0.717, 1.165) is 10.6 Å². The molecule has 0 bridgehead atoms. The predicted octanol–water partition coefficient (Wildman–Crippen LogP) is 3.99. The van der Waals surface area contributed by atoms with Gasteiger partial charge in [0.05, 0.1) is 24.6 Å². The number of hydrogen-bond acceptors (Lipinski definition) is 9. The third-order valence-corrected chi connectivity index (χ3v) is 7.81. The van der Waals surface area contributed by atoms with Crippen molar-refractivity contribution in [1.29, 1.82) is 0 Å². The zero-order valence-electron chi connectivity index (χ0n) is 20.7. The summed E-state index contributed by atoms with van der Waals surface area (Å²) >= 11 is 1.47. The Bertz CT molecular complexity index is 1240. The second-order valence-electron chi connectivity index (χ2n) is 10.5. The highest BCUT2D eigenvalue weighted by molar-refractivity contribution is 7.09. The van der Waals surface area contributed by atoms with Crippen molar-refractivity contribution < 1.29 is 23.9 Å². The van der Waals surface area contributed by atoms with Crippen LogP contribution >= 0.6 is 11.3 Å². The number of rotatable bonds is 5. The number of ether oxygens (including phenoxy) is 2. The first-order valence-electron chi connectivity index (χ1n) is 11.6. The molecule has 10 heteroatoms. The average Bonchev–Trinajstić information content (AvgIpc) is 3.19. The van der Waals surface area contributed by atoms with Crippen LogP contribution in [0.2, 0.25) is 0 Å². The summed E-state index contributed by atoms with van der Waals surface area (Å²) in [6.07, 6.45) is 0.730. The molecule has 1 aromatic carbocycles. The number of aliphatic hydroxyl groups is 1. The molecule has 0 aliphatic carbocycles. The van der Waals surface area contributed by atoms with Crippen molar-refractivity contribution in [3.8, 4) is 5.75 Å². The molecule has 2 aliphatic rings. The lowest BCUT2D eigenvalue weighted by Gasteiger charge is -2.37. The standard InChI is InChI=1S/C25H30N4O5S/c1-13-27-20(34-28-13)15-12-25(5,19-23(31)33-19)29(18(15)21-26-9-10-35-21)22(30)14-7-8-16(24(2,3)4)17(11-14)32-6/h7-11,15,18-19,23,31H,12H2,1-6H3/t15-,18+,19?,23?,25-/m0/s1. The minimum Gasteiger partial charge on any atom is -0.496 e. The van der Waals surface area contributed by atoms with Crippen LogP contribution in [0.25, 0.3) is 0 Å². The first-order chi connectivity index (χ1) is 16.5. The second kappa shape index (κ2) is 8.39. The number of hydrogen-bond donors (Lipinski definition) is 1. The number of aliphatic hydroxyl groups excluding tert-OH is 1. The van der Waals surface area contributed by atoms with Crippen LogP contribution in [-0.4, -0.2) is 56.1 Å². The molecule has 0 radical (unpaired) electrons. The molecule has 2 unspecified atom stereocenters. The Kier molecular flexibility index (Phi) is 5.73. The molecule has 3 aromatic rings. The summed E-state index contributed by atoms with van der Waals surface area (Å²) < 4.78 is 16.8. The van der Waals surface area contributed by atoms with Crippen LogP contribution in [0.4, 0.5) is 0 Å². The molecular formula is C25H30N4O5S. The van der Waals surface area contributed by atoms with Gasteiger partial charge >= 0.3 is 0 Å². The first kappa shape index (κ1) is 23.9. The fraction of sp³-hybridized carbons (Fsp3) is 0.520. The fourth-order valence-electron chi connectivity index (χ4n) is 5.26. The van der Waals surface area contributed by atoms with Gasteiger partial charge in [-0.2, -0.15) is 4.98 Å². The summed E-state index contributed by atoms with van der Waals surface area (Å²) in [7, 11) is 1.61. The smallest absolute Gasteiger partial charge is 0.255 e. The minimum absolute atomic E-state index is 0.147. The van der Waals surface area contributed by atoms with E-state index in [0.29, 0.717) is 29.4 Å². The van der Waals surface area contributed by atoms with Crippen LogP contribution in [0.1, 0.15) is 78.7 Å².